The summed E-state index contributed by atoms with van der Waals surface area (Å²) in [5.74, 6) is 0. The number of nitrogens with two attached hydrogens (primary N) is 2. The molecule has 0 saturated heterocycles. The Morgan fingerprint density at radius 3 is 2.33 bits per heavy atom. The molecule has 4 N–H and O–H groups in total. The molecule has 0 aromatic heterocycles. The van der Waals surface area contributed by atoms with Gasteiger partial charge in [0.05, 0.1) is 29.4 Å². The van der Waals surface area contributed by atoms with Crippen molar-refractivity contribution in [2.75, 3.05) is 11.5 Å². The third-order valence-corrected chi connectivity index (χ3v) is 1.89. The highest BCUT2D eigenvalue weighted by Gasteiger charge is 2.31. The minimum atomic E-state index is -4.48. The average molecular weight is 215 g/mol. The molecule has 0 aliphatic carbocycles. The zero-order valence-electron chi connectivity index (χ0n) is 7.60. The predicted octanol–water partition coefficient (Wildman–Crippen LogP) is 1.94. The predicted molar refractivity (Wildman–Crippen MR) is 49.6 cm³/mol. The van der Waals surface area contributed by atoms with Crippen LogP contribution in [-0.4, -0.2) is 0 Å². The van der Waals surface area contributed by atoms with Crippen molar-refractivity contribution < 1.29 is 13.2 Å². The number of alkyl halides is 3. The molecule has 1 aromatic rings. The van der Waals surface area contributed by atoms with Crippen LogP contribution in [0, 0.1) is 11.3 Å². The van der Waals surface area contributed by atoms with Crippen molar-refractivity contribution in [2.45, 2.75) is 12.6 Å². The molecule has 0 heterocycles. The first-order valence-corrected chi connectivity index (χ1v) is 3.98. The van der Waals surface area contributed by atoms with Crippen LogP contribution in [0.25, 0.3) is 0 Å². The lowest BCUT2D eigenvalue weighted by molar-refractivity contribution is -0.137. The van der Waals surface area contributed by atoms with Gasteiger partial charge < -0.3 is 11.5 Å². The minimum absolute atomic E-state index is 0.0320. The van der Waals surface area contributed by atoms with Crippen LogP contribution < -0.4 is 11.5 Å². The van der Waals surface area contributed by atoms with Crippen LogP contribution in [0.2, 0.25) is 0 Å². The maximum Gasteiger partial charge on any atom is 0.416 e. The number of rotatable bonds is 1. The number of benzene rings is 1. The molecule has 80 valence electrons. The summed E-state index contributed by atoms with van der Waals surface area (Å²) in [6, 6.07) is 3.33. The Kier molecular flexibility index (Phi) is 2.75. The highest BCUT2D eigenvalue weighted by Crippen LogP contribution is 2.34. The zero-order chi connectivity index (χ0) is 11.6. The van der Waals surface area contributed by atoms with E-state index >= 15 is 0 Å². The van der Waals surface area contributed by atoms with Crippen LogP contribution in [0.15, 0.2) is 12.1 Å². The highest BCUT2D eigenvalue weighted by molar-refractivity contribution is 5.69. The first-order valence-electron chi connectivity index (χ1n) is 3.98. The number of nitrogen functional groups attached to an aromatic ring is 2. The summed E-state index contributed by atoms with van der Waals surface area (Å²) in [7, 11) is 0. The van der Waals surface area contributed by atoms with Gasteiger partial charge in [0.2, 0.25) is 0 Å². The fourth-order valence-electron chi connectivity index (χ4n) is 1.13. The van der Waals surface area contributed by atoms with Crippen LogP contribution in [0.5, 0.6) is 0 Å². The molecule has 0 bridgehead atoms. The van der Waals surface area contributed by atoms with Gasteiger partial charge >= 0.3 is 6.18 Å². The number of hydrogen-bond donors (Lipinski definition) is 2. The van der Waals surface area contributed by atoms with Gasteiger partial charge in [-0.25, -0.2) is 0 Å². The van der Waals surface area contributed by atoms with E-state index in [4.69, 9.17) is 16.7 Å². The number of halogens is 3. The lowest BCUT2D eigenvalue weighted by Gasteiger charge is -2.11. The van der Waals surface area contributed by atoms with Gasteiger partial charge in [-0.1, -0.05) is 0 Å². The highest BCUT2D eigenvalue weighted by atomic mass is 19.4. The lowest BCUT2D eigenvalue weighted by Crippen LogP contribution is -2.09. The molecular formula is C9H8F3N3. The van der Waals surface area contributed by atoms with Crippen molar-refractivity contribution in [3.05, 3.63) is 23.3 Å². The smallest absolute Gasteiger partial charge is 0.397 e. The van der Waals surface area contributed by atoms with Crippen molar-refractivity contribution in [3.63, 3.8) is 0 Å². The second-order valence-corrected chi connectivity index (χ2v) is 2.97. The van der Waals surface area contributed by atoms with Crippen LogP contribution in [0.4, 0.5) is 24.5 Å². The second-order valence-electron chi connectivity index (χ2n) is 2.97. The standard InChI is InChI=1S/C9H8F3N3/c10-9(11,12)6-3-5(1-2-13)8(15)7(14)4-6/h3-4H,1,14-15H2. The van der Waals surface area contributed by atoms with Crippen molar-refractivity contribution in [2.24, 2.45) is 0 Å². The Morgan fingerprint density at radius 1 is 1.27 bits per heavy atom. The van der Waals surface area contributed by atoms with Gasteiger partial charge in [0, 0.05) is 0 Å². The Hall–Kier alpha value is -1.90. The van der Waals surface area contributed by atoms with E-state index in [1.165, 1.54) is 0 Å². The van der Waals surface area contributed by atoms with Crippen LogP contribution in [0.1, 0.15) is 11.1 Å². The molecule has 0 amide bonds. The molecular weight excluding hydrogens is 207 g/mol. The summed E-state index contributed by atoms with van der Waals surface area (Å²) in [5.41, 5.74) is 9.84. The van der Waals surface area contributed by atoms with Gasteiger partial charge in [-0.2, -0.15) is 18.4 Å². The van der Waals surface area contributed by atoms with E-state index in [0.29, 0.717) is 0 Å². The fraction of sp³-hybridized carbons (Fsp3) is 0.222. The van der Waals surface area contributed by atoms with E-state index in [1.807, 2.05) is 0 Å². The lowest BCUT2D eigenvalue weighted by atomic mass is 10.0. The maximum absolute atomic E-state index is 12.3. The molecule has 1 aromatic carbocycles. The van der Waals surface area contributed by atoms with E-state index in [9.17, 15) is 13.2 Å². The molecule has 0 aliphatic heterocycles. The molecule has 0 unspecified atom stereocenters. The maximum atomic E-state index is 12.3. The first kappa shape index (κ1) is 11.2. The molecule has 0 aliphatic rings. The summed E-state index contributed by atoms with van der Waals surface area (Å²) in [4.78, 5) is 0. The second kappa shape index (κ2) is 3.69. The monoisotopic (exact) mass is 215 g/mol. The molecule has 15 heavy (non-hydrogen) atoms. The number of anilines is 2. The molecule has 6 heteroatoms. The van der Waals surface area contributed by atoms with Gasteiger partial charge in [-0.3, -0.25) is 0 Å². The van der Waals surface area contributed by atoms with E-state index in [0.717, 1.165) is 12.1 Å². The third kappa shape index (κ3) is 2.31. The Balaban J connectivity index is 3.31. The van der Waals surface area contributed by atoms with E-state index < -0.39 is 11.7 Å². The number of hydrogen-bond acceptors (Lipinski definition) is 3. The number of nitriles is 1. The van der Waals surface area contributed by atoms with Crippen molar-refractivity contribution in [1.29, 1.82) is 5.26 Å². The van der Waals surface area contributed by atoms with Crippen LogP contribution >= 0.6 is 0 Å². The van der Waals surface area contributed by atoms with E-state index in [1.54, 1.807) is 6.07 Å². The van der Waals surface area contributed by atoms with Gasteiger partial charge in [0.25, 0.3) is 0 Å². The van der Waals surface area contributed by atoms with Gasteiger partial charge in [0.1, 0.15) is 0 Å². The summed E-state index contributed by atoms with van der Waals surface area (Å²) >= 11 is 0. The summed E-state index contributed by atoms with van der Waals surface area (Å²) < 4.78 is 37.0. The van der Waals surface area contributed by atoms with Crippen LogP contribution in [0.3, 0.4) is 0 Å². The molecule has 0 spiro atoms. The average Bonchev–Trinajstić information content (AvgIpc) is 2.11. The van der Waals surface area contributed by atoms with Crippen molar-refractivity contribution in [1.82, 2.24) is 0 Å². The van der Waals surface area contributed by atoms with Crippen molar-refractivity contribution >= 4 is 11.4 Å². The Labute approximate surface area is 84.1 Å². The van der Waals surface area contributed by atoms with E-state index in [2.05, 4.69) is 0 Å². The normalized spacial score (nSPS) is 11.1. The molecule has 1 rings (SSSR count). The Morgan fingerprint density at radius 2 is 1.87 bits per heavy atom. The third-order valence-electron chi connectivity index (χ3n) is 1.89. The molecule has 3 nitrogen and oxygen atoms in total. The molecule has 0 fully saturated rings. The zero-order valence-corrected chi connectivity index (χ0v) is 7.60. The van der Waals surface area contributed by atoms with Crippen LogP contribution in [-0.2, 0) is 12.6 Å². The first-order chi connectivity index (χ1) is 6.86. The summed E-state index contributed by atoms with van der Waals surface area (Å²) in [6.07, 6.45) is -4.67. The topological polar surface area (TPSA) is 75.8 Å². The van der Waals surface area contributed by atoms with Gasteiger partial charge in [-0.05, 0) is 17.7 Å². The summed E-state index contributed by atoms with van der Waals surface area (Å²) in [5, 5.41) is 8.40. The SMILES string of the molecule is N#CCc1cc(C(F)(F)F)cc(N)c1N. The van der Waals surface area contributed by atoms with Gasteiger partial charge in [-0.15, -0.1) is 0 Å². The molecule has 0 saturated carbocycles. The molecule has 0 atom stereocenters. The van der Waals surface area contributed by atoms with Gasteiger partial charge in [0.15, 0.2) is 0 Å². The van der Waals surface area contributed by atoms with Crippen molar-refractivity contribution in [3.8, 4) is 6.07 Å². The number of nitrogens with zero attached hydrogens (tertiary/aromatic N) is 1. The Bertz CT molecular complexity index is 418. The fourth-order valence-corrected chi connectivity index (χ4v) is 1.13. The minimum Gasteiger partial charge on any atom is -0.397 e. The summed E-state index contributed by atoms with van der Waals surface area (Å²) in [6.45, 7) is 0. The quantitative estimate of drug-likeness (QED) is 0.703. The largest absolute Gasteiger partial charge is 0.416 e. The van der Waals surface area contributed by atoms with E-state index in [-0.39, 0.29) is 23.4 Å². The molecule has 0 radical (unpaired) electrons.